The Morgan fingerprint density at radius 3 is 2.74 bits per heavy atom. The van der Waals surface area contributed by atoms with Gasteiger partial charge < -0.3 is 9.64 Å². The second-order valence-electron chi connectivity index (χ2n) is 4.56. The van der Waals surface area contributed by atoms with Crippen LogP contribution in [0.4, 0.5) is 5.69 Å². The molecule has 0 spiro atoms. The first-order chi connectivity index (χ1) is 11.0. The van der Waals surface area contributed by atoms with Crippen LogP contribution in [0.1, 0.15) is 30.1 Å². The van der Waals surface area contributed by atoms with E-state index in [0.717, 1.165) is 0 Å². The van der Waals surface area contributed by atoms with Gasteiger partial charge in [-0.05, 0) is 13.0 Å². The lowest BCUT2D eigenvalue weighted by molar-refractivity contribution is -0.384. The monoisotopic (exact) mass is 319 g/mol. The largest absolute Gasteiger partial charge is 0.466 e. The molecule has 0 aliphatic heterocycles. The third kappa shape index (κ3) is 5.74. The maximum absolute atomic E-state index is 12.4. The average molecular weight is 319 g/mol. The van der Waals surface area contributed by atoms with Crippen LogP contribution in [-0.4, -0.2) is 41.4 Å². The number of amides is 1. The van der Waals surface area contributed by atoms with E-state index in [0.29, 0.717) is 0 Å². The summed E-state index contributed by atoms with van der Waals surface area (Å²) >= 11 is 0. The van der Waals surface area contributed by atoms with E-state index in [1.165, 1.54) is 29.2 Å². The number of benzene rings is 1. The number of carbonyl (C=O) groups excluding carboxylic acids is 2. The molecule has 0 heterocycles. The summed E-state index contributed by atoms with van der Waals surface area (Å²) in [6, 6.07) is 7.26. The Bertz CT molecular complexity index is 624. The third-order valence-corrected chi connectivity index (χ3v) is 2.98. The molecule has 0 N–H and O–H groups in total. The fraction of sp³-hybridized carbons (Fsp3) is 0.400. The SMILES string of the molecule is CCOC(=O)CCN(CCC#N)C(=O)c1cccc([N+](=O)[O-])c1. The standard InChI is InChI=1S/C15H17N3O5/c1-2-23-14(19)7-10-17(9-4-8-16)15(20)12-5-3-6-13(11-12)18(21)22/h3,5-6,11H,2,4,7,9-10H2,1H3. The molecule has 0 bridgehead atoms. The highest BCUT2D eigenvalue weighted by atomic mass is 16.6. The molecule has 1 aromatic rings. The van der Waals surface area contributed by atoms with Gasteiger partial charge in [0.1, 0.15) is 0 Å². The highest BCUT2D eigenvalue weighted by Gasteiger charge is 2.19. The van der Waals surface area contributed by atoms with Crippen molar-refractivity contribution in [3.63, 3.8) is 0 Å². The number of rotatable bonds is 8. The smallest absolute Gasteiger partial charge is 0.307 e. The maximum atomic E-state index is 12.4. The summed E-state index contributed by atoms with van der Waals surface area (Å²) in [7, 11) is 0. The van der Waals surface area contributed by atoms with Gasteiger partial charge in [0.25, 0.3) is 11.6 Å². The normalized spacial score (nSPS) is 9.74. The minimum Gasteiger partial charge on any atom is -0.466 e. The van der Waals surface area contributed by atoms with Crippen LogP contribution in [0.5, 0.6) is 0 Å². The number of nitro groups is 1. The summed E-state index contributed by atoms with van der Waals surface area (Å²) < 4.78 is 4.80. The number of hydrogen-bond acceptors (Lipinski definition) is 6. The molecule has 122 valence electrons. The minimum absolute atomic E-state index is 0.0000641. The predicted octanol–water partition coefficient (Wildman–Crippen LogP) is 1.90. The molecular weight excluding hydrogens is 302 g/mol. The number of nitriles is 1. The molecule has 0 unspecified atom stereocenters. The van der Waals surface area contributed by atoms with Gasteiger partial charge >= 0.3 is 5.97 Å². The number of ether oxygens (including phenoxy) is 1. The van der Waals surface area contributed by atoms with Gasteiger partial charge in [-0.25, -0.2) is 0 Å². The molecular formula is C15H17N3O5. The predicted molar refractivity (Wildman–Crippen MR) is 80.5 cm³/mol. The van der Waals surface area contributed by atoms with Crippen LogP contribution in [0.3, 0.4) is 0 Å². The molecule has 1 aromatic carbocycles. The molecule has 0 saturated carbocycles. The second-order valence-corrected chi connectivity index (χ2v) is 4.56. The number of esters is 1. The van der Waals surface area contributed by atoms with Crippen molar-refractivity contribution in [2.45, 2.75) is 19.8 Å². The summed E-state index contributed by atoms with van der Waals surface area (Å²) in [5, 5.41) is 19.5. The van der Waals surface area contributed by atoms with Gasteiger partial charge in [0.05, 0.1) is 30.4 Å². The van der Waals surface area contributed by atoms with Crippen LogP contribution >= 0.6 is 0 Å². The molecule has 0 fully saturated rings. The number of nitrogens with zero attached hydrogens (tertiary/aromatic N) is 3. The van der Waals surface area contributed by atoms with Crippen molar-refractivity contribution >= 4 is 17.6 Å². The summed E-state index contributed by atoms with van der Waals surface area (Å²) in [4.78, 5) is 35.4. The quantitative estimate of drug-likeness (QED) is 0.411. The molecule has 0 atom stereocenters. The lowest BCUT2D eigenvalue weighted by Crippen LogP contribution is -2.34. The Morgan fingerprint density at radius 1 is 1.39 bits per heavy atom. The molecule has 23 heavy (non-hydrogen) atoms. The van der Waals surface area contributed by atoms with Crippen molar-refractivity contribution < 1.29 is 19.2 Å². The fourth-order valence-corrected chi connectivity index (χ4v) is 1.89. The van der Waals surface area contributed by atoms with E-state index < -0.39 is 16.8 Å². The van der Waals surface area contributed by atoms with Gasteiger partial charge in [0, 0.05) is 30.8 Å². The van der Waals surface area contributed by atoms with Crippen molar-refractivity contribution in [3.8, 4) is 6.07 Å². The number of nitro benzene ring substituents is 1. The van der Waals surface area contributed by atoms with Crippen LogP contribution in [0.25, 0.3) is 0 Å². The van der Waals surface area contributed by atoms with Gasteiger partial charge in [-0.15, -0.1) is 0 Å². The van der Waals surface area contributed by atoms with Crippen molar-refractivity contribution in [2.75, 3.05) is 19.7 Å². The Morgan fingerprint density at radius 2 is 2.13 bits per heavy atom. The Kier molecular flexibility index (Phi) is 7.20. The zero-order chi connectivity index (χ0) is 17.2. The van der Waals surface area contributed by atoms with Gasteiger partial charge in [-0.2, -0.15) is 5.26 Å². The van der Waals surface area contributed by atoms with Crippen molar-refractivity contribution in [3.05, 3.63) is 39.9 Å². The van der Waals surface area contributed by atoms with Gasteiger partial charge in [0.2, 0.25) is 0 Å². The molecule has 8 nitrogen and oxygen atoms in total. The van der Waals surface area contributed by atoms with E-state index in [1.54, 1.807) is 6.92 Å². The zero-order valence-corrected chi connectivity index (χ0v) is 12.7. The highest BCUT2D eigenvalue weighted by Crippen LogP contribution is 2.15. The number of non-ortho nitro benzene ring substituents is 1. The Labute approximate surface area is 133 Å². The first-order valence-corrected chi connectivity index (χ1v) is 7.06. The van der Waals surface area contributed by atoms with Crippen LogP contribution in [0.15, 0.2) is 24.3 Å². The molecule has 1 rings (SSSR count). The topological polar surface area (TPSA) is 114 Å². The fourth-order valence-electron chi connectivity index (χ4n) is 1.89. The van der Waals surface area contributed by atoms with Crippen LogP contribution < -0.4 is 0 Å². The molecule has 1 amide bonds. The third-order valence-electron chi connectivity index (χ3n) is 2.98. The number of hydrogen-bond donors (Lipinski definition) is 0. The average Bonchev–Trinajstić information content (AvgIpc) is 2.54. The van der Waals surface area contributed by atoms with E-state index in [2.05, 4.69) is 0 Å². The van der Waals surface area contributed by atoms with Gasteiger partial charge in [-0.3, -0.25) is 19.7 Å². The Balaban J connectivity index is 2.86. The van der Waals surface area contributed by atoms with Gasteiger partial charge in [-0.1, -0.05) is 6.07 Å². The van der Waals surface area contributed by atoms with Crippen LogP contribution in [-0.2, 0) is 9.53 Å². The first-order valence-electron chi connectivity index (χ1n) is 7.06. The Hall–Kier alpha value is -2.95. The summed E-state index contributed by atoms with van der Waals surface area (Å²) in [5.41, 5.74) is -0.0533. The summed E-state index contributed by atoms with van der Waals surface area (Å²) in [6.07, 6.45) is 0.101. The van der Waals surface area contributed by atoms with Crippen molar-refractivity contribution in [2.24, 2.45) is 0 Å². The molecule has 0 radical (unpaired) electrons. The summed E-state index contributed by atoms with van der Waals surface area (Å²) in [6.45, 7) is 2.15. The zero-order valence-electron chi connectivity index (χ0n) is 12.7. The molecule has 8 heteroatoms. The van der Waals surface area contributed by atoms with E-state index in [4.69, 9.17) is 10.00 Å². The van der Waals surface area contributed by atoms with Crippen molar-refractivity contribution in [1.29, 1.82) is 5.26 Å². The van der Waals surface area contributed by atoms with E-state index >= 15 is 0 Å². The van der Waals surface area contributed by atoms with Crippen molar-refractivity contribution in [1.82, 2.24) is 4.90 Å². The lowest BCUT2D eigenvalue weighted by atomic mass is 10.1. The maximum Gasteiger partial charge on any atom is 0.307 e. The lowest BCUT2D eigenvalue weighted by Gasteiger charge is -2.21. The van der Waals surface area contributed by atoms with E-state index in [-0.39, 0.29) is 43.8 Å². The minimum atomic E-state index is -0.588. The summed E-state index contributed by atoms with van der Waals surface area (Å²) in [5.74, 6) is -0.908. The number of carbonyl (C=O) groups is 2. The molecule has 0 aromatic heterocycles. The van der Waals surface area contributed by atoms with E-state index in [1.807, 2.05) is 6.07 Å². The van der Waals surface area contributed by atoms with E-state index in [9.17, 15) is 19.7 Å². The van der Waals surface area contributed by atoms with Gasteiger partial charge in [0.15, 0.2) is 0 Å². The van der Waals surface area contributed by atoms with Crippen LogP contribution in [0.2, 0.25) is 0 Å². The highest BCUT2D eigenvalue weighted by molar-refractivity contribution is 5.95. The van der Waals surface area contributed by atoms with Crippen LogP contribution in [0, 0.1) is 21.4 Å². The molecule has 0 saturated heterocycles. The molecule has 0 aliphatic rings. The molecule has 0 aliphatic carbocycles. The second kappa shape index (κ2) is 9.15. The first kappa shape index (κ1) is 18.1.